The van der Waals surface area contributed by atoms with Crippen LogP contribution in [0.2, 0.25) is 0 Å². The third-order valence-electron chi connectivity index (χ3n) is 6.76. The molecule has 4 rings (SSSR count). The number of methoxy groups -OCH3 is 2. The first kappa shape index (κ1) is 25.5. The summed E-state index contributed by atoms with van der Waals surface area (Å²) >= 11 is 0. The number of halogens is 5. The van der Waals surface area contributed by atoms with Crippen LogP contribution in [0.25, 0.3) is 10.9 Å². The maximum absolute atomic E-state index is 14.6. The van der Waals surface area contributed by atoms with Gasteiger partial charge in [0.15, 0.2) is 28.3 Å². The molecule has 0 unspecified atom stereocenters. The number of hydrogen-bond acceptors (Lipinski definition) is 6. The molecule has 1 saturated heterocycles. The smallest absolute Gasteiger partial charge is 0.417 e. The minimum absolute atomic E-state index is 0.0622. The van der Waals surface area contributed by atoms with Crippen molar-refractivity contribution < 1.29 is 41.0 Å². The van der Waals surface area contributed by atoms with Gasteiger partial charge >= 0.3 is 12.1 Å². The summed E-state index contributed by atoms with van der Waals surface area (Å²) in [5, 5.41) is -0.125. The molecule has 0 bridgehead atoms. The van der Waals surface area contributed by atoms with E-state index >= 15 is 0 Å². The Labute approximate surface area is 201 Å². The number of hydrogen-bond donors (Lipinski definition) is 1. The number of aromatic amines is 1. The summed E-state index contributed by atoms with van der Waals surface area (Å²) in [5.74, 6) is -6.56. The maximum atomic E-state index is 14.6. The molecule has 0 aliphatic carbocycles. The van der Waals surface area contributed by atoms with Gasteiger partial charge < -0.3 is 19.2 Å². The monoisotopic (exact) mass is 512 g/mol. The van der Waals surface area contributed by atoms with Crippen molar-refractivity contribution in [2.75, 3.05) is 14.2 Å². The number of pyridine rings is 2. The van der Waals surface area contributed by atoms with Crippen molar-refractivity contribution in [3.05, 3.63) is 69.3 Å². The molecule has 0 spiro atoms. The van der Waals surface area contributed by atoms with Crippen LogP contribution in [0.4, 0.5) is 22.0 Å². The normalized spacial score (nSPS) is 24.2. The molecule has 3 aromatic rings. The van der Waals surface area contributed by atoms with E-state index in [0.29, 0.717) is 0 Å². The second-order valence-corrected chi connectivity index (χ2v) is 8.60. The highest BCUT2D eigenvalue weighted by Gasteiger charge is 2.65. The second kappa shape index (κ2) is 8.84. The van der Waals surface area contributed by atoms with Crippen molar-refractivity contribution in [3.8, 4) is 5.75 Å². The fraction of sp³-hybridized carbons (Fsp3) is 0.375. The predicted molar refractivity (Wildman–Crippen MR) is 117 cm³/mol. The Hall–Kier alpha value is -3.54. The highest BCUT2D eigenvalue weighted by Crippen LogP contribution is 2.59. The number of esters is 1. The molecule has 0 amide bonds. The number of H-pyrrole nitrogens is 1. The minimum Gasteiger partial charge on any atom is -0.493 e. The van der Waals surface area contributed by atoms with Gasteiger partial charge in [0.05, 0.1) is 25.1 Å². The van der Waals surface area contributed by atoms with Gasteiger partial charge in [-0.3, -0.25) is 4.79 Å². The first-order chi connectivity index (χ1) is 16.9. The molecular formula is C24H21F5N2O5. The predicted octanol–water partition coefficient (Wildman–Crippen LogP) is 4.81. The van der Waals surface area contributed by atoms with Crippen molar-refractivity contribution in [1.82, 2.24) is 9.97 Å². The Bertz CT molecular complexity index is 1410. The van der Waals surface area contributed by atoms with Crippen LogP contribution in [0, 0.1) is 17.6 Å². The maximum Gasteiger partial charge on any atom is 0.417 e. The third kappa shape index (κ3) is 3.80. The summed E-state index contributed by atoms with van der Waals surface area (Å²) in [6.07, 6.45) is -5.07. The molecule has 192 valence electrons. The highest BCUT2D eigenvalue weighted by atomic mass is 19.4. The third-order valence-corrected chi connectivity index (χ3v) is 6.76. The molecule has 1 aliphatic heterocycles. The quantitative estimate of drug-likeness (QED) is 0.399. The summed E-state index contributed by atoms with van der Waals surface area (Å²) in [5.41, 5.74) is -3.73. The Kier molecular flexibility index (Phi) is 6.27. The van der Waals surface area contributed by atoms with Gasteiger partial charge in [-0.25, -0.2) is 14.2 Å². The molecule has 1 N–H and O–H groups in total. The average molecular weight is 512 g/mol. The lowest BCUT2D eigenvalue weighted by Gasteiger charge is -2.32. The fourth-order valence-corrected chi connectivity index (χ4v) is 4.71. The number of benzene rings is 1. The molecule has 2 aromatic heterocycles. The van der Waals surface area contributed by atoms with Crippen molar-refractivity contribution in [2.24, 2.45) is 5.92 Å². The zero-order valence-electron chi connectivity index (χ0n) is 19.5. The van der Waals surface area contributed by atoms with Gasteiger partial charge in [0, 0.05) is 35.4 Å². The van der Waals surface area contributed by atoms with Crippen molar-refractivity contribution in [1.29, 1.82) is 0 Å². The average Bonchev–Trinajstić information content (AvgIpc) is 3.11. The van der Waals surface area contributed by atoms with E-state index < -0.39 is 58.5 Å². The van der Waals surface area contributed by atoms with Gasteiger partial charge in [-0.05, 0) is 19.1 Å². The molecule has 3 heterocycles. The van der Waals surface area contributed by atoms with Crippen LogP contribution in [-0.2, 0) is 9.47 Å². The molecule has 1 aliphatic rings. The van der Waals surface area contributed by atoms with E-state index in [-0.39, 0.29) is 27.9 Å². The van der Waals surface area contributed by atoms with Gasteiger partial charge in [-0.2, -0.15) is 17.6 Å². The number of ether oxygens (including phenoxy) is 3. The molecule has 36 heavy (non-hydrogen) atoms. The van der Waals surface area contributed by atoms with Crippen LogP contribution in [0.15, 0.2) is 35.3 Å². The van der Waals surface area contributed by atoms with Crippen molar-refractivity contribution in [2.45, 2.75) is 37.6 Å². The summed E-state index contributed by atoms with van der Waals surface area (Å²) in [6.45, 7) is 2.13. The van der Waals surface area contributed by atoms with Crippen LogP contribution in [-0.4, -0.2) is 41.9 Å². The van der Waals surface area contributed by atoms with Gasteiger partial charge in [0.1, 0.15) is 6.10 Å². The van der Waals surface area contributed by atoms with Crippen LogP contribution >= 0.6 is 0 Å². The number of fused-ring (bicyclic) bond motifs is 1. The largest absolute Gasteiger partial charge is 0.493 e. The SMILES string of the molecule is COC(=O)c1nccc2[nH]c([C@@H]3O[C@@](C)(C(F)(F)F)[C@@H](C)[C@H]3c3ccc(F)c(F)c3OC)cc(=O)c12. The van der Waals surface area contributed by atoms with E-state index in [1.807, 2.05) is 0 Å². The van der Waals surface area contributed by atoms with Crippen molar-refractivity contribution >= 4 is 16.9 Å². The molecule has 0 radical (unpaired) electrons. The number of rotatable bonds is 4. The molecule has 0 saturated carbocycles. The summed E-state index contributed by atoms with van der Waals surface area (Å²) < 4.78 is 86.3. The Morgan fingerprint density at radius 2 is 1.89 bits per heavy atom. The number of carbonyl (C=O) groups excluding carboxylic acids is 1. The lowest BCUT2D eigenvalue weighted by Crippen LogP contribution is -2.46. The summed E-state index contributed by atoms with van der Waals surface area (Å²) in [7, 11) is 2.18. The van der Waals surface area contributed by atoms with E-state index in [2.05, 4.69) is 14.7 Å². The van der Waals surface area contributed by atoms with Crippen LogP contribution in [0.1, 0.15) is 47.6 Å². The van der Waals surface area contributed by atoms with E-state index in [0.717, 1.165) is 39.3 Å². The zero-order valence-corrected chi connectivity index (χ0v) is 19.5. The van der Waals surface area contributed by atoms with Crippen molar-refractivity contribution in [3.63, 3.8) is 0 Å². The van der Waals surface area contributed by atoms with Crippen LogP contribution < -0.4 is 10.2 Å². The van der Waals surface area contributed by atoms with E-state index in [1.165, 1.54) is 19.2 Å². The number of alkyl halides is 3. The standard InChI is InChI=1S/C24H21F5N2O5/c1-10-16(11-5-6-12(25)18(26)20(11)34-3)21(36-23(10,2)24(27,28)29)14-9-15(32)17-13(31-14)7-8-30-19(17)22(33)35-4/h5-10,16,21H,1-4H3,(H,31,32)/t10-,16-,21-,23+/m0/s1. The lowest BCUT2D eigenvalue weighted by molar-refractivity contribution is -0.275. The Morgan fingerprint density at radius 1 is 1.19 bits per heavy atom. The lowest BCUT2D eigenvalue weighted by atomic mass is 9.76. The number of aromatic nitrogens is 2. The Morgan fingerprint density at radius 3 is 2.50 bits per heavy atom. The number of nitrogens with one attached hydrogen (secondary N) is 1. The zero-order chi connectivity index (χ0) is 26.6. The number of carbonyl (C=O) groups is 1. The topological polar surface area (TPSA) is 90.5 Å². The van der Waals surface area contributed by atoms with E-state index in [4.69, 9.17) is 9.47 Å². The van der Waals surface area contributed by atoms with Gasteiger partial charge in [-0.15, -0.1) is 0 Å². The van der Waals surface area contributed by atoms with E-state index in [1.54, 1.807) is 0 Å². The van der Waals surface area contributed by atoms with Gasteiger partial charge in [0.2, 0.25) is 5.82 Å². The molecular weight excluding hydrogens is 491 g/mol. The molecule has 7 nitrogen and oxygen atoms in total. The fourth-order valence-electron chi connectivity index (χ4n) is 4.71. The molecule has 12 heteroatoms. The number of nitrogens with zero attached hydrogens (tertiary/aromatic N) is 1. The van der Waals surface area contributed by atoms with E-state index in [9.17, 15) is 31.5 Å². The van der Waals surface area contributed by atoms with Gasteiger partial charge in [0.25, 0.3) is 0 Å². The first-order valence-electron chi connectivity index (χ1n) is 10.7. The van der Waals surface area contributed by atoms with Gasteiger partial charge in [-0.1, -0.05) is 13.0 Å². The highest BCUT2D eigenvalue weighted by molar-refractivity contribution is 6.01. The summed E-state index contributed by atoms with van der Waals surface area (Å²) in [6, 6.07) is 4.28. The molecule has 1 aromatic carbocycles. The molecule has 4 atom stereocenters. The minimum atomic E-state index is -4.84. The van der Waals surface area contributed by atoms with Crippen LogP contribution in [0.3, 0.4) is 0 Å². The second-order valence-electron chi connectivity index (χ2n) is 8.60. The molecule has 1 fully saturated rings. The Balaban J connectivity index is 1.97. The van der Waals surface area contributed by atoms with Crippen LogP contribution in [0.5, 0.6) is 5.75 Å². The summed E-state index contributed by atoms with van der Waals surface area (Å²) in [4.78, 5) is 31.8. The first-order valence-corrected chi connectivity index (χ1v) is 10.7.